The second kappa shape index (κ2) is 8.57. The Labute approximate surface area is 119 Å². The fourth-order valence-corrected chi connectivity index (χ4v) is 2.88. The molecule has 0 aromatic carbocycles. The lowest BCUT2D eigenvalue weighted by Crippen LogP contribution is -2.42. The lowest BCUT2D eigenvalue weighted by Gasteiger charge is -2.32. The fourth-order valence-electron chi connectivity index (χ4n) is 2.88. The molecule has 1 N–H and O–H groups in total. The summed E-state index contributed by atoms with van der Waals surface area (Å²) in [6.45, 7) is 13.5. The van der Waals surface area contributed by atoms with Crippen molar-refractivity contribution in [2.75, 3.05) is 13.2 Å². The molecule has 0 saturated carbocycles. The Bertz CT molecular complexity index is 254. The van der Waals surface area contributed by atoms with Crippen LogP contribution in [-0.2, 0) is 4.79 Å². The Morgan fingerprint density at radius 2 is 1.74 bits per heavy atom. The highest BCUT2D eigenvalue weighted by Crippen LogP contribution is 2.26. The van der Waals surface area contributed by atoms with Crippen LogP contribution in [0.1, 0.15) is 67.2 Å². The molecule has 0 rings (SSSR count). The third-order valence-electron chi connectivity index (χ3n) is 3.53. The average Bonchev–Trinajstić information content (AvgIpc) is 2.26. The van der Waals surface area contributed by atoms with Crippen LogP contribution < -0.4 is 0 Å². The minimum atomic E-state index is 0.0515. The van der Waals surface area contributed by atoms with Crippen molar-refractivity contribution < 1.29 is 9.90 Å². The van der Waals surface area contributed by atoms with Crippen molar-refractivity contribution in [3.63, 3.8) is 0 Å². The van der Waals surface area contributed by atoms with Crippen LogP contribution in [0.5, 0.6) is 0 Å². The molecule has 19 heavy (non-hydrogen) atoms. The van der Waals surface area contributed by atoms with E-state index in [2.05, 4.69) is 41.5 Å². The summed E-state index contributed by atoms with van der Waals surface area (Å²) in [5.74, 6) is 0.586. The van der Waals surface area contributed by atoms with E-state index in [0.29, 0.717) is 18.9 Å². The molecule has 1 atom stereocenters. The van der Waals surface area contributed by atoms with E-state index in [1.54, 1.807) is 0 Å². The topological polar surface area (TPSA) is 40.5 Å². The van der Waals surface area contributed by atoms with Crippen molar-refractivity contribution in [3.8, 4) is 0 Å². The highest BCUT2D eigenvalue weighted by atomic mass is 16.3. The predicted octanol–water partition coefficient (Wildman–Crippen LogP) is 3.46. The summed E-state index contributed by atoms with van der Waals surface area (Å²) < 4.78 is 0. The molecular weight excluding hydrogens is 238 g/mol. The van der Waals surface area contributed by atoms with Gasteiger partial charge in [0.1, 0.15) is 0 Å². The zero-order chi connectivity index (χ0) is 15.1. The van der Waals surface area contributed by atoms with Gasteiger partial charge in [0, 0.05) is 19.0 Å². The summed E-state index contributed by atoms with van der Waals surface area (Å²) in [5.41, 5.74) is 0.260. The predicted molar refractivity (Wildman–Crippen MR) is 81.0 cm³/mol. The average molecular weight is 271 g/mol. The van der Waals surface area contributed by atoms with E-state index in [-0.39, 0.29) is 24.0 Å². The Balaban J connectivity index is 4.55. The van der Waals surface area contributed by atoms with Crippen LogP contribution in [-0.4, -0.2) is 35.1 Å². The fraction of sp³-hybridized carbons (Fsp3) is 0.938. The number of aliphatic hydroxyl groups excluding tert-OH is 1. The van der Waals surface area contributed by atoms with Crippen molar-refractivity contribution in [3.05, 3.63) is 0 Å². The summed E-state index contributed by atoms with van der Waals surface area (Å²) in [5, 5.41) is 9.15. The number of carbonyl (C=O) groups is 1. The molecule has 0 aromatic heterocycles. The SMILES string of the molecule is CCC(CC)N(CCO)C(=O)CC(C)CC(C)(C)C. The van der Waals surface area contributed by atoms with Gasteiger partial charge in [-0.2, -0.15) is 0 Å². The van der Waals surface area contributed by atoms with Gasteiger partial charge in [0.25, 0.3) is 0 Å². The summed E-state index contributed by atoms with van der Waals surface area (Å²) in [4.78, 5) is 14.3. The molecule has 0 saturated heterocycles. The molecule has 114 valence electrons. The van der Waals surface area contributed by atoms with Crippen molar-refractivity contribution >= 4 is 5.91 Å². The molecule has 0 bridgehead atoms. The summed E-state index contributed by atoms with van der Waals surface area (Å²) in [6.07, 6.45) is 3.55. The quantitative estimate of drug-likeness (QED) is 0.734. The molecule has 1 amide bonds. The maximum absolute atomic E-state index is 12.4. The van der Waals surface area contributed by atoms with Crippen molar-refractivity contribution in [1.82, 2.24) is 4.90 Å². The summed E-state index contributed by atoms with van der Waals surface area (Å²) >= 11 is 0. The number of aliphatic hydroxyl groups is 1. The number of nitrogens with zero attached hydrogens (tertiary/aromatic N) is 1. The van der Waals surface area contributed by atoms with E-state index >= 15 is 0 Å². The van der Waals surface area contributed by atoms with Crippen LogP contribution in [0.25, 0.3) is 0 Å². The van der Waals surface area contributed by atoms with Gasteiger partial charge in [0.15, 0.2) is 0 Å². The molecule has 0 fully saturated rings. The Morgan fingerprint density at radius 1 is 1.21 bits per heavy atom. The van der Waals surface area contributed by atoms with Crippen LogP contribution >= 0.6 is 0 Å². The number of hydrogen-bond donors (Lipinski definition) is 1. The lowest BCUT2D eigenvalue weighted by molar-refractivity contribution is -0.135. The first-order chi connectivity index (χ1) is 8.75. The standard InChI is InChI=1S/C16H33NO2/c1-7-14(8-2)17(9-10-18)15(19)11-13(3)12-16(4,5)6/h13-14,18H,7-12H2,1-6H3. The van der Waals surface area contributed by atoms with Crippen LogP contribution in [0.3, 0.4) is 0 Å². The molecular formula is C16H33NO2. The summed E-state index contributed by atoms with van der Waals surface area (Å²) in [7, 11) is 0. The van der Waals surface area contributed by atoms with Crippen LogP contribution in [0, 0.1) is 11.3 Å². The van der Waals surface area contributed by atoms with Crippen LogP contribution in [0.4, 0.5) is 0 Å². The van der Waals surface area contributed by atoms with E-state index in [1.165, 1.54) is 0 Å². The zero-order valence-corrected chi connectivity index (χ0v) is 13.7. The molecule has 0 aromatic rings. The van der Waals surface area contributed by atoms with Gasteiger partial charge in [-0.1, -0.05) is 41.5 Å². The van der Waals surface area contributed by atoms with E-state index in [4.69, 9.17) is 5.11 Å². The molecule has 0 heterocycles. The zero-order valence-electron chi connectivity index (χ0n) is 13.7. The molecule has 0 aliphatic rings. The Kier molecular flexibility index (Phi) is 8.31. The highest BCUT2D eigenvalue weighted by molar-refractivity contribution is 5.76. The minimum absolute atomic E-state index is 0.0515. The largest absolute Gasteiger partial charge is 0.395 e. The second-order valence-electron chi connectivity index (χ2n) is 6.86. The number of hydrogen-bond acceptors (Lipinski definition) is 2. The first kappa shape index (κ1) is 18.4. The van der Waals surface area contributed by atoms with Gasteiger partial charge >= 0.3 is 0 Å². The smallest absolute Gasteiger partial charge is 0.223 e. The number of amides is 1. The molecule has 0 spiro atoms. The lowest BCUT2D eigenvalue weighted by atomic mass is 9.84. The Hall–Kier alpha value is -0.570. The van der Waals surface area contributed by atoms with E-state index in [1.807, 2.05) is 4.90 Å². The van der Waals surface area contributed by atoms with E-state index < -0.39 is 0 Å². The third-order valence-corrected chi connectivity index (χ3v) is 3.53. The molecule has 0 aliphatic carbocycles. The van der Waals surface area contributed by atoms with Gasteiger partial charge in [-0.3, -0.25) is 4.79 Å². The number of carbonyl (C=O) groups excluding carboxylic acids is 1. The van der Waals surface area contributed by atoms with Gasteiger partial charge in [-0.15, -0.1) is 0 Å². The highest BCUT2D eigenvalue weighted by Gasteiger charge is 2.24. The maximum Gasteiger partial charge on any atom is 0.223 e. The van der Waals surface area contributed by atoms with E-state index in [9.17, 15) is 4.79 Å². The van der Waals surface area contributed by atoms with Crippen LogP contribution in [0.15, 0.2) is 0 Å². The van der Waals surface area contributed by atoms with Gasteiger partial charge < -0.3 is 10.0 Å². The van der Waals surface area contributed by atoms with Crippen molar-refractivity contribution in [2.24, 2.45) is 11.3 Å². The van der Waals surface area contributed by atoms with Gasteiger partial charge in [0.2, 0.25) is 5.91 Å². The van der Waals surface area contributed by atoms with Crippen molar-refractivity contribution in [2.45, 2.75) is 73.3 Å². The van der Waals surface area contributed by atoms with Gasteiger partial charge in [-0.05, 0) is 30.6 Å². The molecule has 3 nitrogen and oxygen atoms in total. The molecule has 0 aliphatic heterocycles. The minimum Gasteiger partial charge on any atom is -0.395 e. The van der Waals surface area contributed by atoms with Gasteiger partial charge in [0.05, 0.1) is 6.61 Å². The second-order valence-corrected chi connectivity index (χ2v) is 6.86. The Morgan fingerprint density at radius 3 is 2.11 bits per heavy atom. The monoisotopic (exact) mass is 271 g/mol. The van der Waals surface area contributed by atoms with Crippen molar-refractivity contribution in [1.29, 1.82) is 0 Å². The molecule has 0 radical (unpaired) electrons. The normalized spacial score (nSPS) is 13.7. The third kappa shape index (κ3) is 7.56. The van der Waals surface area contributed by atoms with E-state index in [0.717, 1.165) is 19.3 Å². The molecule has 3 heteroatoms. The molecule has 1 unspecified atom stereocenters. The first-order valence-electron chi connectivity index (χ1n) is 7.65. The number of rotatable bonds is 8. The summed E-state index contributed by atoms with van der Waals surface area (Å²) in [6, 6.07) is 0.265. The first-order valence-corrected chi connectivity index (χ1v) is 7.65. The van der Waals surface area contributed by atoms with Gasteiger partial charge in [-0.25, -0.2) is 0 Å². The van der Waals surface area contributed by atoms with Crippen LogP contribution in [0.2, 0.25) is 0 Å². The maximum atomic E-state index is 12.4.